The molecule has 0 saturated heterocycles. The van der Waals surface area contributed by atoms with Crippen LogP contribution in [0.15, 0.2) is 29.1 Å². The maximum absolute atomic E-state index is 13.0. The smallest absolute Gasteiger partial charge is 0.264 e. The van der Waals surface area contributed by atoms with E-state index >= 15 is 0 Å². The molecule has 0 fully saturated rings. The summed E-state index contributed by atoms with van der Waals surface area (Å²) >= 11 is 1.41. The molecule has 0 aliphatic carbocycles. The van der Waals surface area contributed by atoms with Gasteiger partial charge in [-0.3, -0.25) is 9.36 Å². The molecule has 0 bridgehead atoms. The summed E-state index contributed by atoms with van der Waals surface area (Å²) in [7, 11) is 0. The van der Waals surface area contributed by atoms with Gasteiger partial charge in [0.05, 0.1) is 17.1 Å². The van der Waals surface area contributed by atoms with Gasteiger partial charge in [-0.05, 0) is 18.1 Å². The van der Waals surface area contributed by atoms with Crippen LogP contribution in [0.1, 0.15) is 44.2 Å². The van der Waals surface area contributed by atoms with Crippen LogP contribution in [0, 0.1) is 26.7 Å². The van der Waals surface area contributed by atoms with E-state index in [0.29, 0.717) is 15.9 Å². The van der Waals surface area contributed by atoms with E-state index in [9.17, 15) is 9.90 Å². The van der Waals surface area contributed by atoms with Crippen molar-refractivity contribution < 1.29 is 37.8 Å². The normalized spacial score (nSPS) is 9.75. The second-order valence-corrected chi connectivity index (χ2v) is 7.02. The monoisotopic (exact) mass is 472 g/mol. The number of aryl methyl sites for hydroxylation is 1. The van der Waals surface area contributed by atoms with Crippen LogP contribution in [-0.4, -0.2) is 14.7 Å². The Morgan fingerprint density at radius 1 is 1.29 bits per heavy atom. The zero-order valence-corrected chi connectivity index (χ0v) is 21.1. The molecule has 0 aliphatic heterocycles. The van der Waals surface area contributed by atoms with Crippen molar-refractivity contribution in [2.45, 2.75) is 47.1 Å². The molecule has 3 aromatic rings. The van der Waals surface area contributed by atoms with Gasteiger partial charge in [-0.25, -0.2) is 4.98 Å². The van der Waals surface area contributed by atoms with E-state index in [4.69, 9.17) is 6.42 Å². The van der Waals surface area contributed by atoms with E-state index in [1.807, 2.05) is 58.9 Å². The van der Waals surface area contributed by atoms with Crippen molar-refractivity contribution in [2.24, 2.45) is 0 Å². The first-order chi connectivity index (χ1) is 12.5. The van der Waals surface area contributed by atoms with Crippen LogP contribution < -0.4 is 5.56 Å². The van der Waals surface area contributed by atoms with Crippen molar-refractivity contribution in [1.82, 2.24) is 9.55 Å². The van der Waals surface area contributed by atoms with Gasteiger partial charge < -0.3 is 12.5 Å². The van der Waals surface area contributed by atoms with Crippen molar-refractivity contribution in [3.63, 3.8) is 0 Å². The van der Waals surface area contributed by atoms with Gasteiger partial charge in [0, 0.05) is 38.6 Å². The van der Waals surface area contributed by atoms with Crippen molar-refractivity contribution in [3.8, 4) is 29.2 Å². The number of nitrogens with zero attached hydrogens (tertiary/aromatic N) is 2. The van der Waals surface area contributed by atoms with Gasteiger partial charge in [-0.1, -0.05) is 57.9 Å². The van der Waals surface area contributed by atoms with Crippen molar-refractivity contribution >= 4 is 21.7 Å². The molecule has 4 nitrogen and oxygen atoms in total. The summed E-state index contributed by atoms with van der Waals surface area (Å²) in [6, 6.07) is 7.50. The van der Waals surface area contributed by atoms with Crippen LogP contribution in [-0.2, 0) is 39.3 Å². The van der Waals surface area contributed by atoms with Crippen molar-refractivity contribution in [1.29, 1.82) is 0 Å². The van der Waals surface area contributed by atoms with E-state index in [0.717, 1.165) is 10.6 Å². The number of thiazole rings is 1. The van der Waals surface area contributed by atoms with Crippen LogP contribution >= 0.6 is 11.3 Å². The number of benzene rings is 1. The molecule has 3 rings (SSSR count). The van der Waals surface area contributed by atoms with Crippen LogP contribution in [0.5, 0.6) is 5.75 Å². The number of hydrogen-bond acceptors (Lipinski definition) is 4. The summed E-state index contributed by atoms with van der Waals surface area (Å²) in [5.41, 5.74) is 2.07. The summed E-state index contributed by atoms with van der Waals surface area (Å²) in [6.45, 7) is 10.1. The molecule has 2 heterocycles. The standard InChI is InChI=1S/C19H18N2O2S.C2H6.CH3.Y/c1-5-10-21-17-16(24-18(20-17)11(2)3)15(22)14(19(21)23)13-9-7-6-8-12(13)4;1-2;;/h1,6-9,11,22H,10H2,2-4H3;1-2H3;1H3;/q;;-1;. The topological polar surface area (TPSA) is 55.1 Å². The predicted molar refractivity (Wildman–Crippen MR) is 116 cm³/mol. The third kappa shape index (κ3) is 4.92. The Hall–Kier alpha value is -1.48. The van der Waals surface area contributed by atoms with Gasteiger partial charge in [0.1, 0.15) is 10.4 Å². The fraction of sp³-hybridized carbons (Fsp3) is 0.318. The third-order valence-corrected chi connectivity index (χ3v) is 5.30. The van der Waals surface area contributed by atoms with Gasteiger partial charge in [-0.2, -0.15) is 0 Å². The van der Waals surface area contributed by atoms with Crippen molar-refractivity contribution in [3.05, 3.63) is 52.6 Å². The first-order valence-electron chi connectivity index (χ1n) is 8.71. The zero-order chi connectivity index (χ0) is 19.4. The molecular weight excluding hydrogens is 445 g/mol. The minimum absolute atomic E-state index is 0. The number of aromatic nitrogens is 2. The van der Waals surface area contributed by atoms with Gasteiger partial charge in [0.25, 0.3) is 5.56 Å². The first kappa shape index (κ1) is 26.5. The van der Waals surface area contributed by atoms with Crippen LogP contribution in [0.3, 0.4) is 0 Å². The number of rotatable bonds is 3. The quantitative estimate of drug-likeness (QED) is 0.412. The summed E-state index contributed by atoms with van der Waals surface area (Å²) < 4.78 is 2.07. The van der Waals surface area contributed by atoms with Gasteiger partial charge in [0.2, 0.25) is 0 Å². The van der Waals surface area contributed by atoms with E-state index in [2.05, 4.69) is 10.9 Å². The number of pyridine rings is 1. The Balaban J connectivity index is 0.00000177. The predicted octanol–water partition coefficient (Wildman–Crippen LogP) is 5.37. The first-order valence-corrected chi connectivity index (χ1v) is 9.53. The van der Waals surface area contributed by atoms with Crippen LogP contribution in [0.2, 0.25) is 0 Å². The fourth-order valence-electron chi connectivity index (χ4n) is 2.69. The summed E-state index contributed by atoms with van der Waals surface area (Å²) in [4.78, 5) is 17.5. The zero-order valence-electron chi connectivity index (χ0n) is 17.4. The van der Waals surface area contributed by atoms with Crippen LogP contribution in [0.4, 0.5) is 0 Å². The molecular formula is C22H27N2O2SY-. The minimum atomic E-state index is -0.312. The Labute approximate surface area is 196 Å². The molecule has 0 spiro atoms. The van der Waals surface area contributed by atoms with Gasteiger partial charge in [0.15, 0.2) is 5.65 Å². The van der Waals surface area contributed by atoms with E-state index in [-0.39, 0.29) is 69.5 Å². The number of fused-ring (bicyclic) bond motifs is 1. The second kappa shape index (κ2) is 11.5. The largest absolute Gasteiger partial charge is 0.505 e. The number of terminal acetylenes is 1. The van der Waals surface area contributed by atoms with Crippen molar-refractivity contribution in [2.75, 3.05) is 0 Å². The molecule has 2 aromatic heterocycles. The molecule has 0 aliphatic rings. The molecule has 1 N–H and O–H groups in total. The SMILES string of the molecule is C#CCn1c(=O)c(-c2ccccc2C)c(O)c2sc(C(C)C)nc21.CC.[CH3-].[Y]. The molecule has 0 amide bonds. The molecule has 1 radical (unpaired) electrons. The molecule has 0 atom stereocenters. The Morgan fingerprint density at radius 3 is 2.43 bits per heavy atom. The van der Waals surface area contributed by atoms with E-state index < -0.39 is 0 Å². The maximum atomic E-state index is 13.0. The Morgan fingerprint density at radius 2 is 1.89 bits per heavy atom. The number of aromatic hydroxyl groups is 1. The molecule has 1 aromatic carbocycles. The minimum Gasteiger partial charge on any atom is -0.505 e. The van der Waals surface area contributed by atoms with Gasteiger partial charge in [-0.15, -0.1) is 17.8 Å². The molecule has 0 saturated carbocycles. The summed E-state index contributed by atoms with van der Waals surface area (Å²) in [5, 5.41) is 11.7. The molecule has 6 heteroatoms. The average Bonchev–Trinajstić information content (AvgIpc) is 3.08. The summed E-state index contributed by atoms with van der Waals surface area (Å²) in [5.74, 6) is 2.71. The Kier molecular flexibility index (Phi) is 10.9. The number of hydrogen-bond donors (Lipinski definition) is 1. The second-order valence-electron chi connectivity index (χ2n) is 5.99. The van der Waals surface area contributed by atoms with E-state index in [1.54, 1.807) is 0 Å². The molecule has 147 valence electrons. The molecule has 0 unspecified atom stereocenters. The van der Waals surface area contributed by atoms with E-state index in [1.165, 1.54) is 15.9 Å². The van der Waals surface area contributed by atoms with Gasteiger partial charge >= 0.3 is 0 Å². The molecule has 28 heavy (non-hydrogen) atoms. The maximum Gasteiger partial charge on any atom is 0.264 e. The average molecular weight is 472 g/mol. The Bertz CT molecular complexity index is 1030. The summed E-state index contributed by atoms with van der Waals surface area (Å²) in [6.07, 6.45) is 5.45. The van der Waals surface area contributed by atoms with Crippen LogP contribution in [0.25, 0.3) is 21.5 Å². The third-order valence-electron chi connectivity index (χ3n) is 3.95. The fourth-order valence-corrected chi connectivity index (χ4v) is 3.72.